The highest BCUT2D eigenvalue weighted by Crippen LogP contribution is 2.32. The molecule has 1 amide bonds. The largest absolute Gasteiger partial charge is 0.489 e. The van der Waals surface area contributed by atoms with E-state index in [0.717, 1.165) is 11.3 Å². The molecule has 1 aromatic rings. The van der Waals surface area contributed by atoms with Crippen molar-refractivity contribution in [3.05, 3.63) is 22.3 Å². The van der Waals surface area contributed by atoms with Gasteiger partial charge in [0.2, 0.25) is 9.05 Å². The van der Waals surface area contributed by atoms with Crippen molar-refractivity contribution in [1.82, 2.24) is 4.90 Å². The van der Waals surface area contributed by atoms with Crippen LogP contribution in [0.3, 0.4) is 0 Å². The molecule has 0 spiro atoms. The van der Waals surface area contributed by atoms with Gasteiger partial charge >= 0.3 is 13.2 Å². The molecule has 0 bridgehead atoms. The molecule has 2 N–H and O–H groups in total. The first-order valence-corrected chi connectivity index (χ1v) is 12.2. The molecule has 1 saturated heterocycles. The smallest absolute Gasteiger partial charge is 0.444 e. The van der Waals surface area contributed by atoms with Gasteiger partial charge in [-0.25, -0.2) is 13.2 Å². The van der Waals surface area contributed by atoms with Crippen molar-refractivity contribution in [3.63, 3.8) is 0 Å². The van der Waals surface area contributed by atoms with Crippen molar-refractivity contribution in [1.29, 1.82) is 0 Å². The summed E-state index contributed by atoms with van der Waals surface area (Å²) in [5.74, 6) is -0.406. The molecule has 1 aromatic carbocycles. The van der Waals surface area contributed by atoms with Gasteiger partial charge in [0.25, 0.3) is 0 Å². The molecule has 30 heavy (non-hydrogen) atoms. The number of halogens is 1. The first kappa shape index (κ1) is 24.8. The average molecular weight is 461 g/mol. The Morgan fingerprint density at radius 1 is 1.07 bits per heavy atom. The second-order valence-corrected chi connectivity index (χ2v) is 11.4. The average Bonchev–Trinajstić information content (AvgIpc) is 2.56. The van der Waals surface area contributed by atoms with Crippen molar-refractivity contribution in [2.75, 3.05) is 31.1 Å². The van der Waals surface area contributed by atoms with E-state index in [1.807, 2.05) is 25.7 Å². The minimum Gasteiger partial charge on any atom is -0.444 e. The fourth-order valence-corrected chi connectivity index (χ4v) is 5.07. The van der Waals surface area contributed by atoms with Crippen LogP contribution < -0.4 is 10.4 Å². The van der Waals surface area contributed by atoms with Crippen LogP contribution in [0.4, 0.5) is 10.5 Å². The summed E-state index contributed by atoms with van der Waals surface area (Å²) in [6.07, 6.45) is -0.375. The monoisotopic (exact) mass is 460 g/mol. The number of amides is 1. The van der Waals surface area contributed by atoms with Gasteiger partial charge in [-0.05, 0) is 69.3 Å². The van der Waals surface area contributed by atoms with Gasteiger partial charge in [-0.1, -0.05) is 0 Å². The van der Waals surface area contributed by atoms with E-state index in [1.165, 1.54) is 0 Å². The van der Waals surface area contributed by atoms with Crippen molar-refractivity contribution < 1.29 is 28.0 Å². The maximum atomic E-state index is 12.3. The van der Waals surface area contributed by atoms with Crippen molar-refractivity contribution in [2.45, 2.75) is 52.9 Å². The number of rotatable bonds is 4. The number of anilines is 1. The van der Waals surface area contributed by atoms with Gasteiger partial charge in [0, 0.05) is 42.5 Å². The van der Waals surface area contributed by atoms with E-state index in [0.29, 0.717) is 42.9 Å². The van der Waals surface area contributed by atoms with Crippen LogP contribution in [-0.4, -0.2) is 68.4 Å². The summed E-state index contributed by atoms with van der Waals surface area (Å²) < 4.78 is 28.9. The fraction of sp³-hybridized carbons (Fsp3) is 0.632. The van der Waals surface area contributed by atoms with Gasteiger partial charge in [-0.15, -0.1) is 0 Å². The summed E-state index contributed by atoms with van der Waals surface area (Å²) in [6.45, 7) is 12.6. The Balaban J connectivity index is 2.39. The van der Waals surface area contributed by atoms with Crippen LogP contribution in [0.25, 0.3) is 0 Å². The third-order valence-electron chi connectivity index (χ3n) is 5.25. The predicted molar refractivity (Wildman–Crippen MR) is 119 cm³/mol. The second kappa shape index (κ2) is 8.94. The molecule has 1 heterocycles. The Bertz CT molecular complexity index is 922. The van der Waals surface area contributed by atoms with Crippen LogP contribution in [-0.2, 0) is 19.5 Å². The van der Waals surface area contributed by atoms with E-state index in [9.17, 15) is 23.3 Å². The van der Waals surface area contributed by atoms with E-state index < -0.39 is 27.5 Å². The summed E-state index contributed by atoms with van der Waals surface area (Å²) in [7, 11) is -0.0838. The Morgan fingerprint density at radius 3 is 2.03 bits per heavy atom. The number of ether oxygens (including phenoxy) is 1. The third-order valence-corrected chi connectivity index (χ3v) is 6.21. The van der Waals surface area contributed by atoms with Gasteiger partial charge in [-0.3, -0.25) is 0 Å². The number of benzene rings is 1. The predicted octanol–water partition coefficient (Wildman–Crippen LogP) is 1.42. The fourth-order valence-electron chi connectivity index (χ4n) is 3.97. The maximum absolute atomic E-state index is 12.3. The molecule has 2 rings (SSSR count). The van der Waals surface area contributed by atoms with Crippen LogP contribution in [0.2, 0.25) is 0 Å². The van der Waals surface area contributed by atoms with E-state index in [-0.39, 0.29) is 11.6 Å². The number of nitrogens with zero attached hydrogens (tertiary/aromatic N) is 2. The number of hydrogen-bond acceptors (Lipinski definition) is 7. The zero-order chi connectivity index (χ0) is 23.0. The van der Waals surface area contributed by atoms with Crippen LogP contribution in [0.15, 0.2) is 0 Å². The second-order valence-electron chi connectivity index (χ2n) is 8.63. The van der Waals surface area contributed by atoms with Gasteiger partial charge in [0.05, 0.1) is 5.75 Å². The topological polar surface area (TPSA) is 107 Å². The first-order valence-electron chi connectivity index (χ1n) is 9.76. The first-order chi connectivity index (χ1) is 13.6. The minimum atomic E-state index is -3.84. The molecule has 0 radical (unpaired) electrons. The molecule has 1 aliphatic heterocycles. The van der Waals surface area contributed by atoms with Gasteiger partial charge < -0.3 is 24.6 Å². The van der Waals surface area contributed by atoms with Crippen LogP contribution in [0.1, 0.15) is 43.0 Å². The number of carbonyl (C=O) groups is 1. The van der Waals surface area contributed by atoms with E-state index >= 15 is 0 Å². The normalized spacial score (nSPS) is 15.4. The quantitative estimate of drug-likeness (QED) is 0.517. The van der Waals surface area contributed by atoms with Crippen LogP contribution >= 0.6 is 10.7 Å². The molecule has 11 heteroatoms. The van der Waals surface area contributed by atoms with Crippen molar-refractivity contribution in [3.8, 4) is 0 Å². The van der Waals surface area contributed by atoms with E-state index in [2.05, 4.69) is 0 Å². The lowest BCUT2D eigenvalue weighted by Crippen LogP contribution is -2.51. The SMILES string of the molecule is Cc1c(CS(=O)(=O)Cl)c(C)c(N2CCN(C(=O)OC(C)(C)C)CC2)c(C)c1B(O)O. The number of carbonyl (C=O) groups excluding carboxylic acids is 1. The molecule has 0 aromatic heterocycles. The van der Waals surface area contributed by atoms with Gasteiger partial charge in [0.1, 0.15) is 5.60 Å². The maximum Gasteiger partial charge on any atom is 0.489 e. The molecule has 0 atom stereocenters. The molecule has 0 unspecified atom stereocenters. The van der Waals surface area contributed by atoms with Gasteiger partial charge in [0.15, 0.2) is 0 Å². The third kappa shape index (κ3) is 5.81. The number of hydrogen-bond donors (Lipinski definition) is 2. The molecule has 8 nitrogen and oxygen atoms in total. The molecular weight excluding hydrogens is 431 g/mol. The summed E-state index contributed by atoms with van der Waals surface area (Å²) in [5, 5.41) is 19.9. The lowest BCUT2D eigenvalue weighted by molar-refractivity contribution is 0.0240. The highest BCUT2D eigenvalue weighted by Gasteiger charge is 2.31. The molecule has 168 valence electrons. The standard InChI is InChI=1S/C19H30BClN2O6S/c1-12-15(11-30(21,27)28)13(2)17(14(3)16(12)20(25)26)22-7-9-23(10-8-22)18(24)29-19(4,5)6/h25-26H,7-11H2,1-6H3. The zero-order valence-corrected chi connectivity index (χ0v) is 19.9. The molecule has 1 fully saturated rings. The Labute approximate surface area is 183 Å². The highest BCUT2D eigenvalue weighted by atomic mass is 35.7. The van der Waals surface area contributed by atoms with E-state index in [4.69, 9.17) is 15.4 Å². The molecule has 0 aliphatic carbocycles. The van der Waals surface area contributed by atoms with Crippen molar-refractivity contribution in [2.24, 2.45) is 0 Å². The zero-order valence-electron chi connectivity index (χ0n) is 18.3. The summed E-state index contributed by atoms with van der Waals surface area (Å²) in [4.78, 5) is 16.0. The summed E-state index contributed by atoms with van der Waals surface area (Å²) >= 11 is 0. The Hall–Kier alpha value is -1.49. The Kier molecular flexibility index (Phi) is 7.39. The summed E-state index contributed by atoms with van der Waals surface area (Å²) in [6, 6.07) is 0. The lowest BCUT2D eigenvalue weighted by Gasteiger charge is -2.39. The number of piperazine rings is 1. The highest BCUT2D eigenvalue weighted by molar-refractivity contribution is 8.13. The lowest BCUT2D eigenvalue weighted by atomic mass is 9.71. The molecule has 1 aliphatic rings. The molecule has 0 saturated carbocycles. The Morgan fingerprint density at radius 2 is 1.60 bits per heavy atom. The van der Waals surface area contributed by atoms with Crippen LogP contribution in [0.5, 0.6) is 0 Å². The van der Waals surface area contributed by atoms with Crippen molar-refractivity contribution >= 4 is 44.1 Å². The van der Waals surface area contributed by atoms with E-state index in [1.54, 1.807) is 25.7 Å². The molecular formula is C19H30BClN2O6S. The minimum absolute atomic E-state index is 0.278. The van der Waals surface area contributed by atoms with Gasteiger partial charge in [-0.2, -0.15) is 0 Å². The summed E-state index contributed by atoms with van der Waals surface area (Å²) in [5.41, 5.74) is 2.80. The van der Waals surface area contributed by atoms with Crippen LogP contribution in [0, 0.1) is 20.8 Å².